The zero-order valence-electron chi connectivity index (χ0n) is 17.6. The molecule has 31 heavy (non-hydrogen) atoms. The van der Waals surface area contributed by atoms with Crippen LogP contribution in [0.4, 0.5) is 4.39 Å². The van der Waals surface area contributed by atoms with Crippen LogP contribution in [-0.4, -0.2) is 52.5 Å². The molecule has 1 aliphatic carbocycles. The highest BCUT2D eigenvalue weighted by Gasteiger charge is 2.28. The van der Waals surface area contributed by atoms with Crippen molar-refractivity contribution in [2.45, 2.75) is 38.3 Å². The van der Waals surface area contributed by atoms with Gasteiger partial charge in [0.15, 0.2) is 0 Å². The van der Waals surface area contributed by atoms with Crippen LogP contribution in [0.3, 0.4) is 0 Å². The number of fused-ring (bicyclic) bond motifs is 1. The van der Waals surface area contributed by atoms with E-state index in [-0.39, 0.29) is 11.7 Å². The van der Waals surface area contributed by atoms with E-state index in [1.807, 2.05) is 35.4 Å². The van der Waals surface area contributed by atoms with Gasteiger partial charge in [-0.15, -0.1) is 0 Å². The molecule has 1 saturated carbocycles. The van der Waals surface area contributed by atoms with Gasteiger partial charge >= 0.3 is 0 Å². The van der Waals surface area contributed by atoms with E-state index in [0.717, 1.165) is 48.2 Å². The lowest BCUT2D eigenvalue weighted by Crippen LogP contribution is -2.51. The number of rotatable bonds is 4. The predicted octanol–water partition coefficient (Wildman–Crippen LogP) is 5.18. The van der Waals surface area contributed by atoms with Crippen molar-refractivity contribution in [3.8, 4) is 0 Å². The molecule has 2 fully saturated rings. The van der Waals surface area contributed by atoms with Crippen molar-refractivity contribution in [2.24, 2.45) is 0 Å². The Hall–Kier alpha value is -2.37. The van der Waals surface area contributed by atoms with Crippen LogP contribution in [0, 0.1) is 5.82 Å². The maximum atomic E-state index is 13.4. The fourth-order valence-corrected chi connectivity index (χ4v) is 5.34. The lowest BCUT2D eigenvalue weighted by Gasteiger charge is -2.38. The number of piperazine rings is 1. The van der Waals surface area contributed by atoms with E-state index >= 15 is 0 Å². The first kappa shape index (κ1) is 20.5. The number of benzene rings is 2. The second-order valence-corrected chi connectivity index (χ2v) is 9.09. The molecule has 2 heterocycles. The Bertz CT molecular complexity index is 1100. The highest BCUT2D eigenvalue weighted by molar-refractivity contribution is 6.31. The average Bonchev–Trinajstić information content (AvgIpc) is 3.46. The Morgan fingerprint density at radius 3 is 2.55 bits per heavy atom. The molecule has 2 aliphatic rings. The van der Waals surface area contributed by atoms with Crippen LogP contribution in [0.25, 0.3) is 10.9 Å². The Balaban J connectivity index is 1.34. The topological polar surface area (TPSA) is 28.5 Å². The third-order valence-electron chi connectivity index (χ3n) is 6.84. The molecule has 1 aromatic heterocycles. The number of carbonyl (C=O) groups excluding carboxylic acids is 1. The summed E-state index contributed by atoms with van der Waals surface area (Å²) in [5, 5.41) is 1.36. The van der Waals surface area contributed by atoms with E-state index in [2.05, 4.69) is 9.47 Å². The van der Waals surface area contributed by atoms with Gasteiger partial charge in [-0.05, 0) is 48.7 Å². The fourth-order valence-electron chi connectivity index (χ4n) is 5.11. The van der Waals surface area contributed by atoms with E-state index in [1.165, 1.54) is 37.8 Å². The molecular weight excluding hydrogens is 413 g/mol. The zero-order valence-corrected chi connectivity index (χ0v) is 18.3. The summed E-state index contributed by atoms with van der Waals surface area (Å²) in [5.74, 6) is -0.235. The van der Waals surface area contributed by atoms with Crippen molar-refractivity contribution in [1.29, 1.82) is 0 Å². The van der Waals surface area contributed by atoms with E-state index < -0.39 is 0 Å². The maximum Gasteiger partial charge on any atom is 0.254 e. The van der Waals surface area contributed by atoms with Crippen molar-refractivity contribution in [2.75, 3.05) is 26.2 Å². The number of hydrogen-bond acceptors (Lipinski definition) is 2. The molecule has 0 spiro atoms. The molecule has 1 saturated heterocycles. The molecule has 1 amide bonds. The Labute approximate surface area is 187 Å². The minimum Gasteiger partial charge on any atom is -0.343 e. The highest BCUT2D eigenvalue weighted by atomic mass is 35.5. The van der Waals surface area contributed by atoms with Gasteiger partial charge in [0, 0.05) is 66.5 Å². The second kappa shape index (κ2) is 8.64. The predicted molar refractivity (Wildman–Crippen MR) is 122 cm³/mol. The molecule has 3 aromatic rings. The van der Waals surface area contributed by atoms with E-state index in [1.54, 1.807) is 6.07 Å². The fraction of sp³-hybridized carbons (Fsp3) is 0.400. The lowest BCUT2D eigenvalue weighted by molar-refractivity contribution is 0.0575. The molecule has 4 nitrogen and oxygen atoms in total. The van der Waals surface area contributed by atoms with Gasteiger partial charge in [-0.2, -0.15) is 0 Å². The van der Waals surface area contributed by atoms with Gasteiger partial charge in [0.05, 0.1) is 0 Å². The standard InChI is InChI=1S/C25H27ClFN3O/c26-23-16-19(27)9-8-18(23)17-30-11-10-21-22(6-3-7-24(21)30)25(31)29-14-12-28(13-15-29)20-4-1-2-5-20/h3,6-11,16,20H,1-2,4-5,12-15,17H2. The third kappa shape index (κ3) is 4.09. The number of amides is 1. The number of nitrogens with zero attached hydrogens (tertiary/aromatic N) is 3. The summed E-state index contributed by atoms with van der Waals surface area (Å²) < 4.78 is 15.4. The summed E-state index contributed by atoms with van der Waals surface area (Å²) in [7, 11) is 0. The molecule has 6 heteroatoms. The summed E-state index contributed by atoms with van der Waals surface area (Å²) in [4.78, 5) is 17.9. The SMILES string of the molecule is O=C(c1cccc2c1ccn2Cc1ccc(F)cc1Cl)N1CCN(C2CCCC2)CC1. The van der Waals surface area contributed by atoms with Crippen molar-refractivity contribution in [3.63, 3.8) is 0 Å². The second-order valence-electron chi connectivity index (χ2n) is 8.68. The van der Waals surface area contributed by atoms with Gasteiger partial charge in [-0.3, -0.25) is 9.69 Å². The van der Waals surface area contributed by atoms with Gasteiger partial charge in [-0.1, -0.05) is 36.6 Å². The first-order valence-corrected chi connectivity index (χ1v) is 11.5. The quantitative estimate of drug-likeness (QED) is 0.560. The van der Waals surface area contributed by atoms with Crippen LogP contribution in [-0.2, 0) is 6.54 Å². The minimum absolute atomic E-state index is 0.106. The lowest BCUT2D eigenvalue weighted by atomic mass is 10.1. The van der Waals surface area contributed by atoms with Crippen molar-refractivity contribution in [3.05, 3.63) is 70.6 Å². The monoisotopic (exact) mass is 439 g/mol. The summed E-state index contributed by atoms with van der Waals surface area (Å²) >= 11 is 6.22. The smallest absolute Gasteiger partial charge is 0.254 e. The highest BCUT2D eigenvalue weighted by Crippen LogP contribution is 2.27. The van der Waals surface area contributed by atoms with Crippen LogP contribution in [0.1, 0.15) is 41.6 Å². The molecule has 0 bridgehead atoms. The average molecular weight is 440 g/mol. The summed E-state index contributed by atoms with van der Waals surface area (Å²) in [6.07, 6.45) is 7.26. The van der Waals surface area contributed by atoms with Crippen LogP contribution in [0.5, 0.6) is 0 Å². The first-order valence-electron chi connectivity index (χ1n) is 11.2. The zero-order chi connectivity index (χ0) is 21.4. The Kier molecular flexibility index (Phi) is 5.72. The molecule has 0 N–H and O–H groups in total. The molecule has 0 atom stereocenters. The number of carbonyl (C=O) groups is 1. The molecule has 0 unspecified atom stereocenters. The molecule has 162 valence electrons. The van der Waals surface area contributed by atoms with Gasteiger partial charge in [0.2, 0.25) is 0 Å². The number of hydrogen-bond donors (Lipinski definition) is 0. The van der Waals surface area contributed by atoms with Crippen LogP contribution < -0.4 is 0 Å². The molecule has 1 aliphatic heterocycles. The Morgan fingerprint density at radius 1 is 1.03 bits per heavy atom. The van der Waals surface area contributed by atoms with E-state index in [9.17, 15) is 9.18 Å². The summed E-state index contributed by atoms with van der Waals surface area (Å²) in [6.45, 7) is 4.04. The van der Waals surface area contributed by atoms with Crippen LogP contribution in [0.2, 0.25) is 5.02 Å². The molecule has 2 aromatic carbocycles. The molecule has 5 rings (SSSR count). The van der Waals surface area contributed by atoms with E-state index in [4.69, 9.17) is 11.6 Å². The number of halogens is 2. The molecule has 0 radical (unpaired) electrons. The minimum atomic E-state index is -0.341. The van der Waals surface area contributed by atoms with Crippen molar-refractivity contribution >= 4 is 28.4 Å². The maximum absolute atomic E-state index is 13.4. The number of aromatic nitrogens is 1. The van der Waals surface area contributed by atoms with Crippen LogP contribution in [0.15, 0.2) is 48.7 Å². The van der Waals surface area contributed by atoms with E-state index in [0.29, 0.717) is 17.6 Å². The van der Waals surface area contributed by atoms with Gasteiger partial charge < -0.3 is 9.47 Å². The largest absolute Gasteiger partial charge is 0.343 e. The third-order valence-corrected chi connectivity index (χ3v) is 7.19. The molecular formula is C25H27ClFN3O. The summed E-state index contributed by atoms with van der Waals surface area (Å²) in [6, 6.07) is 13.1. The van der Waals surface area contributed by atoms with Crippen LogP contribution >= 0.6 is 11.6 Å². The van der Waals surface area contributed by atoms with Crippen molar-refractivity contribution in [1.82, 2.24) is 14.4 Å². The van der Waals surface area contributed by atoms with Gasteiger partial charge in [0.1, 0.15) is 5.82 Å². The summed E-state index contributed by atoms with van der Waals surface area (Å²) in [5.41, 5.74) is 2.58. The normalized spacial score (nSPS) is 18.2. The Morgan fingerprint density at radius 2 is 1.81 bits per heavy atom. The first-order chi connectivity index (χ1) is 15.1. The van der Waals surface area contributed by atoms with Gasteiger partial charge in [0.25, 0.3) is 5.91 Å². The van der Waals surface area contributed by atoms with Gasteiger partial charge in [-0.25, -0.2) is 4.39 Å². The van der Waals surface area contributed by atoms with Crippen molar-refractivity contribution < 1.29 is 9.18 Å².